The van der Waals surface area contributed by atoms with Gasteiger partial charge in [0.2, 0.25) is 5.43 Å². The Labute approximate surface area is 195 Å². The van der Waals surface area contributed by atoms with E-state index >= 15 is 0 Å². The van der Waals surface area contributed by atoms with Crippen LogP contribution in [0.4, 0.5) is 5.69 Å². The zero-order valence-electron chi connectivity index (χ0n) is 19.1. The summed E-state index contributed by atoms with van der Waals surface area (Å²) in [5.41, 5.74) is 0.312. The Morgan fingerprint density at radius 2 is 1.91 bits per heavy atom. The number of aromatic nitrogens is 2. The van der Waals surface area contributed by atoms with Crippen molar-refractivity contribution in [3.8, 4) is 17.2 Å². The maximum atomic E-state index is 13.6. The largest absolute Gasteiger partial charge is 0.497 e. The number of hydrogen-bond donors (Lipinski definition) is 0. The number of likely N-dealkylation sites (tertiary alicyclic amines) is 1. The fourth-order valence-electron chi connectivity index (χ4n) is 4.31. The lowest BCUT2D eigenvalue weighted by molar-refractivity contribution is -0.384. The smallest absolute Gasteiger partial charge is 0.294 e. The van der Waals surface area contributed by atoms with Crippen molar-refractivity contribution in [2.75, 3.05) is 20.8 Å². The minimum atomic E-state index is -0.541. The molecule has 1 fully saturated rings. The van der Waals surface area contributed by atoms with Crippen molar-refractivity contribution in [2.24, 2.45) is 0 Å². The number of hydrogen-bond acceptors (Lipinski definition) is 7. The third kappa shape index (κ3) is 4.09. The van der Waals surface area contributed by atoms with Gasteiger partial charge in [0.05, 0.1) is 25.2 Å². The van der Waals surface area contributed by atoms with Crippen LogP contribution in [0.2, 0.25) is 0 Å². The molecule has 2 aromatic carbocycles. The zero-order valence-corrected chi connectivity index (χ0v) is 19.1. The van der Waals surface area contributed by atoms with Gasteiger partial charge in [-0.25, -0.2) is 4.68 Å². The van der Waals surface area contributed by atoms with Gasteiger partial charge in [-0.3, -0.25) is 19.7 Å². The molecule has 1 aromatic heterocycles. The van der Waals surface area contributed by atoms with E-state index < -0.39 is 16.3 Å². The van der Waals surface area contributed by atoms with Crippen LogP contribution in [0.3, 0.4) is 0 Å². The first-order valence-corrected chi connectivity index (χ1v) is 10.7. The normalized spacial score (nSPS) is 15.3. The summed E-state index contributed by atoms with van der Waals surface area (Å²) in [6, 6.07) is 12.4. The van der Waals surface area contributed by atoms with Gasteiger partial charge >= 0.3 is 0 Å². The topological polar surface area (TPSA) is 117 Å². The number of para-hydroxylation sites is 2. The SMILES string of the molecule is COc1ccc(OC)c(C2CCCN2C(=O)c2nn(-c3ccccc3[N+](=O)[O-])c(C)cc2=O)c1. The fourth-order valence-corrected chi connectivity index (χ4v) is 4.31. The zero-order chi connectivity index (χ0) is 24.4. The van der Waals surface area contributed by atoms with Gasteiger partial charge in [-0.15, -0.1) is 0 Å². The Kier molecular flexibility index (Phi) is 6.31. The molecule has 0 N–H and O–H groups in total. The molecule has 1 atom stereocenters. The van der Waals surface area contributed by atoms with Crippen LogP contribution in [0.15, 0.2) is 53.3 Å². The molecule has 10 heteroatoms. The monoisotopic (exact) mass is 464 g/mol. The van der Waals surface area contributed by atoms with Gasteiger partial charge in [0.25, 0.3) is 11.6 Å². The van der Waals surface area contributed by atoms with Crippen LogP contribution in [0.1, 0.15) is 40.6 Å². The third-order valence-electron chi connectivity index (χ3n) is 5.93. The molecule has 1 saturated heterocycles. The van der Waals surface area contributed by atoms with Gasteiger partial charge in [0.1, 0.15) is 17.2 Å². The number of aryl methyl sites for hydroxylation is 1. The van der Waals surface area contributed by atoms with E-state index in [-0.39, 0.29) is 23.1 Å². The highest BCUT2D eigenvalue weighted by Gasteiger charge is 2.35. The molecule has 0 spiro atoms. The van der Waals surface area contributed by atoms with Crippen molar-refractivity contribution in [1.29, 1.82) is 0 Å². The van der Waals surface area contributed by atoms with Crippen LogP contribution in [-0.2, 0) is 0 Å². The quantitative estimate of drug-likeness (QED) is 0.405. The van der Waals surface area contributed by atoms with Crippen molar-refractivity contribution in [2.45, 2.75) is 25.8 Å². The van der Waals surface area contributed by atoms with E-state index in [1.54, 1.807) is 50.3 Å². The van der Waals surface area contributed by atoms with E-state index in [2.05, 4.69) is 5.10 Å². The molecule has 4 rings (SSSR count). The molecule has 1 aliphatic heterocycles. The third-order valence-corrected chi connectivity index (χ3v) is 5.93. The van der Waals surface area contributed by atoms with E-state index in [4.69, 9.17) is 9.47 Å². The molecule has 34 heavy (non-hydrogen) atoms. The maximum Gasteiger partial charge on any atom is 0.294 e. The van der Waals surface area contributed by atoms with Crippen molar-refractivity contribution in [3.05, 3.63) is 85.8 Å². The molecule has 1 amide bonds. The second-order valence-electron chi connectivity index (χ2n) is 7.92. The highest BCUT2D eigenvalue weighted by atomic mass is 16.6. The van der Waals surface area contributed by atoms with Crippen molar-refractivity contribution in [1.82, 2.24) is 14.7 Å². The number of methoxy groups -OCH3 is 2. The first-order chi connectivity index (χ1) is 16.3. The fraction of sp³-hybridized carbons (Fsp3) is 0.292. The molecule has 1 aliphatic rings. The van der Waals surface area contributed by atoms with Crippen LogP contribution < -0.4 is 14.9 Å². The van der Waals surface area contributed by atoms with Gasteiger partial charge in [-0.2, -0.15) is 5.10 Å². The molecule has 1 unspecified atom stereocenters. The number of ether oxygens (including phenoxy) is 2. The summed E-state index contributed by atoms with van der Waals surface area (Å²) in [5.74, 6) is 0.701. The second-order valence-corrected chi connectivity index (χ2v) is 7.92. The summed E-state index contributed by atoms with van der Waals surface area (Å²) >= 11 is 0. The molecule has 2 heterocycles. The first kappa shape index (κ1) is 23.0. The lowest BCUT2D eigenvalue weighted by Crippen LogP contribution is -2.36. The van der Waals surface area contributed by atoms with Crippen molar-refractivity contribution < 1.29 is 19.2 Å². The number of rotatable bonds is 6. The van der Waals surface area contributed by atoms with E-state index in [1.807, 2.05) is 6.07 Å². The van der Waals surface area contributed by atoms with E-state index in [0.717, 1.165) is 12.0 Å². The van der Waals surface area contributed by atoms with E-state index in [0.29, 0.717) is 30.2 Å². The first-order valence-electron chi connectivity index (χ1n) is 10.7. The number of benzene rings is 2. The highest BCUT2D eigenvalue weighted by molar-refractivity contribution is 5.92. The van der Waals surface area contributed by atoms with Crippen molar-refractivity contribution in [3.63, 3.8) is 0 Å². The lowest BCUT2D eigenvalue weighted by atomic mass is 10.0. The summed E-state index contributed by atoms with van der Waals surface area (Å²) in [4.78, 5) is 39.0. The predicted octanol–water partition coefficient (Wildman–Crippen LogP) is 3.44. The predicted molar refractivity (Wildman–Crippen MR) is 124 cm³/mol. The highest BCUT2D eigenvalue weighted by Crippen LogP contribution is 2.39. The molecular formula is C24H24N4O6. The van der Waals surface area contributed by atoms with E-state index in [1.165, 1.54) is 22.9 Å². The molecule has 10 nitrogen and oxygen atoms in total. The van der Waals surface area contributed by atoms with Crippen LogP contribution >= 0.6 is 0 Å². The second kappa shape index (κ2) is 9.34. The molecular weight excluding hydrogens is 440 g/mol. The number of amides is 1. The van der Waals surface area contributed by atoms with Crippen molar-refractivity contribution >= 4 is 11.6 Å². The number of nitrogens with zero attached hydrogens (tertiary/aromatic N) is 4. The van der Waals surface area contributed by atoms with Crippen LogP contribution in [0, 0.1) is 17.0 Å². The average Bonchev–Trinajstić information content (AvgIpc) is 3.33. The summed E-state index contributed by atoms with van der Waals surface area (Å²) in [6.07, 6.45) is 1.42. The Morgan fingerprint density at radius 1 is 1.15 bits per heavy atom. The van der Waals surface area contributed by atoms with Crippen LogP contribution in [0.5, 0.6) is 11.5 Å². The van der Waals surface area contributed by atoms with E-state index in [9.17, 15) is 19.7 Å². The summed E-state index contributed by atoms with van der Waals surface area (Å²) in [6.45, 7) is 2.05. The van der Waals surface area contributed by atoms with Gasteiger partial charge in [0.15, 0.2) is 5.69 Å². The average molecular weight is 464 g/mol. The summed E-state index contributed by atoms with van der Waals surface area (Å²) in [5, 5.41) is 15.8. The van der Waals surface area contributed by atoms with Gasteiger partial charge in [-0.1, -0.05) is 12.1 Å². The molecule has 3 aromatic rings. The Hall–Kier alpha value is -4.21. The Balaban J connectivity index is 1.78. The minimum absolute atomic E-state index is 0.173. The van der Waals surface area contributed by atoms with Gasteiger partial charge < -0.3 is 14.4 Å². The Morgan fingerprint density at radius 3 is 2.62 bits per heavy atom. The molecule has 0 saturated carbocycles. The number of nitro groups is 1. The minimum Gasteiger partial charge on any atom is -0.497 e. The number of carbonyl (C=O) groups is 1. The molecule has 0 radical (unpaired) electrons. The van der Waals surface area contributed by atoms with Gasteiger partial charge in [0, 0.05) is 29.9 Å². The lowest BCUT2D eigenvalue weighted by Gasteiger charge is -2.26. The molecule has 176 valence electrons. The van der Waals surface area contributed by atoms with Crippen LogP contribution in [0.25, 0.3) is 5.69 Å². The molecule has 0 bridgehead atoms. The number of nitro benzene ring substituents is 1. The number of carbonyl (C=O) groups excluding carboxylic acids is 1. The van der Waals surface area contributed by atoms with Gasteiger partial charge in [-0.05, 0) is 44.0 Å². The summed E-state index contributed by atoms with van der Waals surface area (Å²) < 4.78 is 12.1. The van der Waals surface area contributed by atoms with Crippen LogP contribution in [-0.4, -0.2) is 46.3 Å². The Bertz CT molecular complexity index is 1320. The summed E-state index contributed by atoms with van der Waals surface area (Å²) in [7, 11) is 3.12. The molecule has 0 aliphatic carbocycles. The maximum absolute atomic E-state index is 13.6. The standard InChI is InChI=1S/C24H24N4O6/c1-15-13-21(29)23(25-27(15)19-7-4-5-8-20(19)28(31)32)24(30)26-12-6-9-18(26)17-14-16(33-2)10-11-22(17)34-3/h4-5,7-8,10-11,13-14,18H,6,9,12H2,1-3H3.